The van der Waals surface area contributed by atoms with Crippen molar-refractivity contribution in [3.63, 3.8) is 0 Å². The summed E-state index contributed by atoms with van der Waals surface area (Å²) in [6, 6.07) is 35.6. The van der Waals surface area contributed by atoms with Crippen molar-refractivity contribution in [1.82, 2.24) is 0 Å². The van der Waals surface area contributed by atoms with Crippen molar-refractivity contribution < 1.29 is 0 Å². The molecule has 0 unspecified atom stereocenters. The molecule has 0 aliphatic heterocycles. The van der Waals surface area contributed by atoms with Crippen LogP contribution in [-0.4, -0.2) is 0 Å². The van der Waals surface area contributed by atoms with Gasteiger partial charge in [-0.3, -0.25) is 0 Å². The highest BCUT2D eigenvalue weighted by Crippen LogP contribution is 2.57. The molecule has 35 heavy (non-hydrogen) atoms. The van der Waals surface area contributed by atoms with E-state index in [2.05, 4.69) is 135 Å². The monoisotopic (exact) mass is 470 g/mol. The van der Waals surface area contributed by atoms with Gasteiger partial charge < -0.3 is 0 Å². The molecule has 5 rings (SSSR count). The Balaban J connectivity index is 1.97. The fourth-order valence-corrected chi connectivity index (χ4v) is 5.83. The summed E-state index contributed by atoms with van der Waals surface area (Å²) in [6.07, 6.45) is 7.15. The highest BCUT2D eigenvalue weighted by Gasteiger charge is 2.46. The van der Waals surface area contributed by atoms with Crippen LogP contribution >= 0.6 is 12.6 Å². The number of allylic oxidation sites excluding steroid dienone is 5. The van der Waals surface area contributed by atoms with Gasteiger partial charge in [-0.1, -0.05) is 103 Å². The number of fused-ring (bicyclic) bond motifs is 3. The van der Waals surface area contributed by atoms with Crippen LogP contribution in [0.4, 0.5) is 0 Å². The largest absolute Gasteiger partial charge is 0.148 e. The van der Waals surface area contributed by atoms with Crippen LogP contribution in [0.2, 0.25) is 0 Å². The number of benzene rings is 4. The molecule has 0 saturated heterocycles. The van der Waals surface area contributed by atoms with Crippen LogP contribution in [0.15, 0.2) is 127 Å². The van der Waals surface area contributed by atoms with E-state index >= 15 is 0 Å². The molecule has 0 fully saturated rings. The van der Waals surface area contributed by atoms with Gasteiger partial charge in [-0.25, -0.2) is 0 Å². The summed E-state index contributed by atoms with van der Waals surface area (Å²) in [5.74, 6) is 0. The standard InChI is InChI=1S/C34H30S/c1-4-14-26-22-27(25(5-2)21-24(3)35)23-32-33(26)30-19-12-13-20-31(30)34(32,28-15-8-6-9-16-28)29-17-10-7-11-18-29/h4-13,15-23,35H,1,14H2,2-3H3/b24-21+,25-5+. The van der Waals surface area contributed by atoms with Crippen molar-refractivity contribution in [2.45, 2.75) is 25.7 Å². The van der Waals surface area contributed by atoms with E-state index in [-0.39, 0.29) is 0 Å². The second-order valence-electron chi connectivity index (χ2n) is 9.11. The maximum atomic E-state index is 4.58. The van der Waals surface area contributed by atoms with Crippen molar-refractivity contribution in [2.24, 2.45) is 0 Å². The summed E-state index contributed by atoms with van der Waals surface area (Å²) >= 11 is 4.58. The van der Waals surface area contributed by atoms with Crippen molar-refractivity contribution in [3.05, 3.63) is 160 Å². The summed E-state index contributed by atoms with van der Waals surface area (Å²) in [5.41, 5.74) is 11.1. The summed E-state index contributed by atoms with van der Waals surface area (Å²) in [5, 5.41) is 0. The Kier molecular flexibility index (Phi) is 6.36. The lowest BCUT2D eigenvalue weighted by Gasteiger charge is -2.34. The highest BCUT2D eigenvalue weighted by atomic mass is 32.1. The SMILES string of the molecule is C=CCc1cc(C(/C=C(\C)S)=C/C)cc2c1-c1ccccc1C2(c1ccccc1)c1ccccc1. The Morgan fingerprint density at radius 1 is 0.829 bits per heavy atom. The average molecular weight is 471 g/mol. The lowest BCUT2D eigenvalue weighted by atomic mass is 9.67. The van der Waals surface area contributed by atoms with Crippen molar-refractivity contribution in [2.75, 3.05) is 0 Å². The van der Waals surface area contributed by atoms with E-state index in [1.54, 1.807) is 0 Å². The molecule has 4 aromatic carbocycles. The molecule has 0 saturated carbocycles. The number of hydrogen-bond acceptors (Lipinski definition) is 1. The molecular formula is C34H30S. The van der Waals surface area contributed by atoms with E-state index in [4.69, 9.17) is 0 Å². The van der Waals surface area contributed by atoms with Crippen molar-refractivity contribution >= 4 is 18.2 Å². The first-order valence-electron chi connectivity index (χ1n) is 12.1. The predicted molar refractivity (Wildman–Crippen MR) is 154 cm³/mol. The van der Waals surface area contributed by atoms with Crippen LogP contribution in [0.25, 0.3) is 16.7 Å². The van der Waals surface area contributed by atoms with Crippen LogP contribution in [0.5, 0.6) is 0 Å². The van der Waals surface area contributed by atoms with Gasteiger partial charge in [-0.15, -0.1) is 19.2 Å². The van der Waals surface area contributed by atoms with Crippen LogP contribution in [0, 0.1) is 0 Å². The minimum Gasteiger partial charge on any atom is -0.148 e. The molecule has 0 heterocycles. The summed E-state index contributed by atoms with van der Waals surface area (Å²) < 4.78 is 0. The van der Waals surface area contributed by atoms with Gasteiger partial charge in [0.1, 0.15) is 0 Å². The molecule has 0 aromatic heterocycles. The molecule has 0 atom stereocenters. The molecule has 1 aliphatic rings. The zero-order chi connectivity index (χ0) is 24.4. The van der Waals surface area contributed by atoms with Gasteiger partial charge in [-0.05, 0) is 87.4 Å². The Morgan fingerprint density at radius 2 is 1.43 bits per heavy atom. The Hall–Kier alpha value is -3.55. The lowest BCUT2D eigenvalue weighted by Crippen LogP contribution is -2.28. The van der Waals surface area contributed by atoms with Crippen LogP contribution in [-0.2, 0) is 11.8 Å². The Morgan fingerprint density at radius 3 is 2.00 bits per heavy atom. The first kappa shape index (κ1) is 23.2. The third-order valence-corrected chi connectivity index (χ3v) is 7.14. The predicted octanol–water partition coefficient (Wildman–Crippen LogP) is 9.02. The number of rotatable bonds is 6. The molecule has 0 radical (unpaired) electrons. The third-order valence-electron chi connectivity index (χ3n) is 7.01. The van der Waals surface area contributed by atoms with Crippen molar-refractivity contribution in [1.29, 1.82) is 0 Å². The molecule has 4 aromatic rings. The number of hydrogen-bond donors (Lipinski definition) is 1. The fourth-order valence-electron chi connectivity index (χ4n) is 5.70. The number of thiol groups is 1. The van der Waals surface area contributed by atoms with E-state index < -0.39 is 5.41 Å². The van der Waals surface area contributed by atoms with E-state index in [9.17, 15) is 0 Å². The summed E-state index contributed by atoms with van der Waals surface area (Å²) in [7, 11) is 0. The normalized spacial score (nSPS) is 14.4. The minimum atomic E-state index is -0.404. The van der Waals surface area contributed by atoms with E-state index in [0.29, 0.717) is 0 Å². The fraction of sp³-hybridized carbons (Fsp3) is 0.118. The average Bonchev–Trinajstić information content (AvgIpc) is 3.19. The van der Waals surface area contributed by atoms with E-state index in [1.165, 1.54) is 50.1 Å². The third kappa shape index (κ3) is 3.81. The van der Waals surface area contributed by atoms with Gasteiger partial charge in [0.15, 0.2) is 0 Å². The maximum Gasteiger partial charge on any atom is 0.0713 e. The topological polar surface area (TPSA) is 0 Å². The molecule has 0 amide bonds. The lowest BCUT2D eigenvalue weighted by molar-refractivity contribution is 0.767. The Labute approximate surface area is 214 Å². The summed E-state index contributed by atoms with van der Waals surface area (Å²) in [6.45, 7) is 8.22. The van der Waals surface area contributed by atoms with E-state index in [0.717, 1.165) is 11.3 Å². The molecule has 0 N–H and O–H groups in total. The Bertz CT molecular complexity index is 1400. The van der Waals surface area contributed by atoms with Gasteiger partial charge >= 0.3 is 0 Å². The van der Waals surface area contributed by atoms with Gasteiger partial charge in [0.05, 0.1) is 5.41 Å². The van der Waals surface area contributed by atoms with Crippen molar-refractivity contribution in [3.8, 4) is 11.1 Å². The maximum absolute atomic E-state index is 4.58. The quantitative estimate of drug-likeness (QED) is 0.143. The van der Waals surface area contributed by atoms with Gasteiger partial charge in [0.2, 0.25) is 0 Å². The second kappa shape index (κ2) is 9.60. The van der Waals surface area contributed by atoms with E-state index in [1.807, 2.05) is 13.0 Å². The van der Waals surface area contributed by atoms with Gasteiger partial charge in [0, 0.05) is 0 Å². The molecule has 0 nitrogen and oxygen atoms in total. The molecule has 0 bridgehead atoms. The van der Waals surface area contributed by atoms with Crippen LogP contribution < -0.4 is 0 Å². The molecule has 0 spiro atoms. The molecule has 172 valence electrons. The zero-order valence-corrected chi connectivity index (χ0v) is 21.2. The molecule has 1 aliphatic carbocycles. The molecular weight excluding hydrogens is 440 g/mol. The van der Waals surface area contributed by atoms with Crippen LogP contribution in [0.1, 0.15) is 47.2 Å². The molecule has 1 heteroatoms. The van der Waals surface area contributed by atoms with Gasteiger partial charge in [-0.2, -0.15) is 0 Å². The first-order chi connectivity index (χ1) is 17.1. The van der Waals surface area contributed by atoms with Gasteiger partial charge in [0.25, 0.3) is 0 Å². The smallest absolute Gasteiger partial charge is 0.0713 e. The summed E-state index contributed by atoms with van der Waals surface area (Å²) in [4.78, 5) is 0.990. The zero-order valence-electron chi connectivity index (χ0n) is 20.3. The first-order valence-corrected chi connectivity index (χ1v) is 12.6. The van der Waals surface area contributed by atoms with Crippen LogP contribution in [0.3, 0.4) is 0 Å². The highest BCUT2D eigenvalue weighted by molar-refractivity contribution is 7.84. The second-order valence-corrected chi connectivity index (χ2v) is 9.81. The minimum absolute atomic E-state index is 0.404.